The minimum Gasteiger partial charge on any atom is -0.493 e. The van der Waals surface area contributed by atoms with E-state index in [1.54, 1.807) is 62.0 Å². The highest BCUT2D eigenvalue weighted by Gasteiger charge is 2.45. The number of pyridine rings is 2. The lowest BCUT2D eigenvalue weighted by Gasteiger charge is -2.29. The van der Waals surface area contributed by atoms with Gasteiger partial charge in [0.25, 0.3) is 23.3 Å². The van der Waals surface area contributed by atoms with E-state index in [2.05, 4.69) is 27.5 Å². The van der Waals surface area contributed by atoms with E-state index in [9.17, 15) is 24.0 Å². The summed E-state index contributed by atoms with van der Waals surface area (Å²) in [6.45, 7) is 4.71. The molecule has 0 spiro atoms. The molecule has 0 bridgehead atoms. The van der Waals surface area contributed by atoms with Crippen LogP contribution < -0.4 is 35.7 Å². The molecule has 1 fully saturated rings. The second-order valence-electron chi connectivity index (χ2n) is 13.6. The van der Waals surface area contributed by atoms with Gasteiger partial charge in [-0.25, -0.2) is 0 Å². The van der Waals surface area contributed by atoms with Crippen molar-refractivity contribution in [1.29, 1.82) is 0 Å². The van der Waals surface area contributed by atoms with Crippen LogP contribution in [0.15, 0.2) is 72.1 Å². The van der Waals surface area contributed by atoms with Crippen molar-refractivity contribution in [3.8, 4) is 28.4 Å². The number of nitrogens with one attached hydrogen (secondary N) is 3. The number of amides is 4. The Labute approximate surface area is 318 Å². The number of aromatic nitrogens is 2. The Morgan fingerprint density at radius 1 is 0.927 bits per heavy atom. The normalized spacial score (nSPS) is 15.2. The van der Waals surface area contributed by atoms with Gasteiger partial charge in [-0.05, 0) is 67.0 Å². The summed E-state index contributed by atoms with van der Waals surface area (Å²) in [4.78, 5) is 69.6. The van der Waals surface area contributed by atoms with E-state index in [4.69, 9.17) is 14.2 Å². The van der Waals surface area contributed by atoms with Gasteiger partial charge >= 0.3 is 0 Å². The van der Waals surface area contributed by atoms with Crippen LogP contribution in [0.2, 0.25) is 0 Å². The fourth-order valence-electron chi connectivity index (χ4n) is 7.08. The van der Waals surface area contributed by atoms with Crippen LogP contribution >= 0.6 is 0 Å². The number of fused-ring (bicyclic) bond motifs is 2. The number of allylic oxidation sites excluding steroid dienone is 1. The van der Waals surface area contributed by atoms with E-state index in [1.165, 1.54) is 18.8 Å². The monoisotopic (exact) mass is 750 g/mol. The molecule has 2 aliphatic heterocycles. The Balaban J connectivity index is 0.916. The van der Waals surface area contributed by atoms with E-state index in [1.807, 2.05) is 0 Å². The number of nitrogens with zero attached hydrogens (tertiary/aromatic N) is 3. The van der Waals surface area contributed by atoms with Crippen LogP contribution in [0.25, 0.3) is 21.9 Å². The van der Waals surface area contributed by atoms with Gasteiger partial charge in [-0.15, -0.1) is 0 Å². The molecule has 2 aromatic heterocycles. The number of piperidine rings is 1. The van der Waals surface area contributed by atoms with Gasteiger partial charge in [0.1, 0.15) is 6.04 Å². The zero-order valence-electron chi connectivity index (χ0n) is 31.4. The molecule has 4 heterocycles. The van der Waals surface area contributed by atoms with Gasteiger partial charge in [-0.3, -0.25) is 33.9 Å². The van der Waals surface area contributed by atoms with Crippen molar-refractivity contribution >= 4 is 40.1 Å². The molecule has 6 rings (SSSR count). The number of ether oxygens (including phenoxy) is 3. The predicted molar refractivity (Wildman–Crippen MR) is 207 cm³/mol. The molecule has 14 heteroatoms. The first-order valence-corrected chi connectivity index (χ1v) is 18.5. The molecule has 4 aromatic rings. The second-order valence-corrected chi connectivity index (χ2v) is 13.6. The molecule has 1 atom stereocenters. The van der Waals surface area contributed by atoms with Crippen molar-refractivity contribution in [2.24, 2.45) is 7.05 Å². The quantitative estimate of drug-likeness (QED) is 0.0991. The number of anilines is 1. The molecule has 1 unspecified atom stereocenters. The number of hydrogen-bond acceptors (Lipinski definition) is 10. The van der Waals surface area contributed by atoms with Gasteiger partial charge in [0.15, 0.2) is 18.1 Å². The van der Waals surface area contributed by atoms with E-state index in [0.717, 1.165) is 59.9 Å². The highest BCUT2D eigenvalue weighted by molar-refractivity contribution is 6.25. The summed E-state index contributed by atoms with van der Waals surface area (Å²) in [5.74, 6) is -0.444. The maximum absolute atomic E-state index is 13.3. The standard InChI is InChI=1S/C41H46N6O8/c1-25-14-15-32(38(49)45-25)47-40(51)28-12-11-13-31(36(28)41(47)52)43-17-9-7-5-6-8-10-18-44-35(48)24-55-34-21-26(20-33(53-3)37(34)54-4)30-23-46(2)39(50)29-22-42-19-16-27(29)30/h11-13,16,19-23,32,43H,1,5-10,14-15,17-18,24H2,2-4H3,(H,44,48)(H,45,49). The average Bonchev–Trinajstić information content (AvgIpc) is 3.44. The van der Waals surface area contributed by atoms with Gasteiger partial charge in [-0.1, -0.05) is 38.3 Å². The molecule has 2 aromatic carbocycles. The minimum atomic E-state index is -0.843. The Hall–Kier alpha value is -6.18. The number of carbonyl (C=O) groups is 4. The van der Waals surface area contributed by atoms with Gasteiger partial charge in [0.05, 0.1) is 30.7 Å². The van der Waals surface area contributed by atoms with Gasteiger partial charge in [-0.2, -0.15) is 0 Å². The van der Waals surface area contributed by atoms with Crippen molar-refractivity contribution in [1.82, 2.24) is 25.1 Å². The summed E-state index contributed by atoms with van der Waals surface area (Å²) in [6.07, 6.45) is 11.4. The molecule has 55 heavy (non-hydrogen) atoms. The summed E-state index contributed by atoms with van der Waals surface area (Å²) in [7, 11) is 4.70. The molecule has 14 nitrogen and oxygen atoms in total. The maximum Gasteiger partial charge on any atom is 0.264 e. The van der Waals surface area contributed by atoms with E-state index < -0.39 is 17.9 Å². The minimum absolute atomic E-state index is 0.159. The molecule has 4 amide bonds. The van der Waals surface area contributed by atoms with Crippen molar-refractivity contribution in [2.45, 2.75) is 57.4 Å². The van der Waals surface area contributed by atoms with Crippen LogP contribution in [-0.4, -0.2) is 78.0 Å². The summed E-state index contributed by atoms with van der Waals surface area (Å²) < 4.78 is 18.6. The number of benzene rings is 2. The number of hydrogen-bond donors (Lipinski definition) is 3. The zero-order chi connectivity index (χ0) is 39.1. The largest absolute Gasteiger partial charge is 0.493 e. The van der Waals surface area contributed by atoms with Crippen LogP contribution in [-0.2, 0) is 16.6 Å². The molecule has 2 aliphatic rings. The highest BCUT2D eigenvalue weighted by Crippen LogP contribution is 2.42. The molecule has 288 valence electrons. The number of imide groups is 1. The van der Waals surface area contributed by atoms with E-state index >= 15 is 0 Å². The third kappa shape index (κ3) is 8.32. The maximum atomic E-state index is 13.3. The number of unbranched alkanes of at least 4 members (excludes halogenated alkanes) is 5. The molecular formula is C41H46N6O8. The third-order valence-electron chi connectivity index (χ3n) is 9.92. The van der Waals surface area contributed by atoms with Gasteiger partial charge in [0.2, 0.25) is 11.7 Å². The van der Waals surface area contributed by atoms with Crippen molar-refractivity contribution in [2.75, 3.05) is 39.2 Å². The number of carbonyl (C=O) groups excluding carboxylic acids is 4. The van der Waals surface area contributed by atoms with Gasteiger partial charge < -0.3 is 34.7 Å². The molecule has 3 N–H and O–H groups in total. The van der Waals surface area contributed by atoms with Crippen LogP contribution in [0.4, 0.5) is 5.69 Å². The molecule has 0 radical (unpaired) electrons. The van der Waals surface area contributed by atoms with Crippen LogP contribution in [0.5, 0.6) is 17.2 Å². The molecule has 0 aliphatic carbocycles. The lowest BCUT2D eigenvalue weighted by atomic mass is 10.0. The fraction of sp³-hybridized carbons (Fsp3) is 0.366. The Bertz CT molecular complexity index is 2200. The summed E-state index contributed by atoms with van der Waals surface area (Å²) >= 11 is 0. The van der Waals surface area contributed by atoms with E-state index in [0.29, 0.717) is 71.1 Å². The van der Waals surface area contributed by atoms with Gasteiger partial charge in [0, 0.05) is 55.7 Å². The van der Waals surface area contributed by atoms with Crippen molar-refractivity contribution in [3.05, 3.63) is 88.7 Å². The fourth-order valence-corrected chi connectivity index (χ4v) is 7.08. The molecular weight excluding hydrogens is 704 g/mol. The number of methoxy groups -OCH3 is 2. The van der Waals surface area contributed by atoms with Crippen LogP contribution in [0.1, 0.15) is 72.1 Å². The molecule has 0 saturated carbocycles. The number of rotatable bonds is 17. The second kappa shape index (κ2) is 17.3. The SMILES string of the molecule is C=C1CCC(N2C(=O)c3cccc(NCCCCCCCCNC(=O)COc4cc(-c5cn(C)c(=O)c6cnccc56)cc(OC)c4OC)c3C2=O)C(=O)N1. The summed E-state index contributed by atoms with van der Waals surface area (Å²) in [5, 5.41) is 10.1. The van der Waals surface area contributed by atoms with Crippen molar-refractivity contribution in [3.63, 3.8) is 0 Å². The first-order chi connectivity index (χ1) is 26.6. The predicted octanol–water partition coefficient (Wildman–Crippen LogP) is 4.95. The van der Waals surface area contributed by atoms with Crippen molar-refractivity contribution < 1.29 is 33.4 Å². The Morgan fingerprint density at radius 2 is 1.67 bits per heavy atom. The highest BCUT2D eigenvalue weighted by atomic mass is 16.5. The average molecular weight is 751 g/mol. The van der Waals surface area contributed by atoms with E-state index in [-0.39, 0.29) is 24.0 Å². The Morgan fingerprint density at radius 3 is 2.42 bits per heavy atom. The number of aryl methyl sites for hydroxylation is 1. The van der Waals surface area contributed by atoms with Crippen LogP contribution in [0.3, 0.4) is 0 Å². The third-order valence-corrected chi connectivity index (χ3v) is 9.92. The summed E-state index contributed by atoms with van der Waals surface area (Å²) in [6, 6.07) is 9.66. The molecule has 1 saturated heterocycles. The first-order valence-electron chi connectivity index (χ1n) is 18.5. The topological polar surface area (TPSA) is 170 Å². The zero-order valence-corrected chi connectivity index (χ0v) is 31.4. The lowest BCUT2D eigenvalue weighted by molar-refractivity contribution is -0.125. The smallest absolute Gasteiger partial charge is 0.264 e. The first kappa shape index (κ1) is 38.5. The Kier molecular flexibility index (Phi) is 12.1. The van der Waals surface area contributed by atoms with Crippen LogP contribution in [0, 0.1) is 0 Å². The lowest BCUT2D eigenvalue weighted by Crippen LogP contribution is -2.51. The summed E-state index contributed by atoms with van der Waals surface area (Å²) in [5.41, 5.74) is 3.14.